The van der Waals surface area contributed by atoms with Crippen molar-refractivity contribution in [2.45, 2.75) is 19.4 Å². The zero-order valence-corrected chi connectivity index (χ0v) is 15.8. The van der Waals surface area contributed by atoms with Crippen LogP contribution in [0.15, 0.2) is 52.1 Å². The number of hydrogen-bond donors (Lipinski definition) is 2. The lowest BCUT2D eigenvalue weighted by atomic mass is 10.1. The molecule has 2 N–H and O–H groups in total. The quantitative estimate of drug-likeness (QED) is 0.653. The third-order valence-electron chi connectivity index (χ3n) is 4.81. The Morgan fingerprint density at radius 3 is 2.72 bits per heavy atom. The summed E-state index contributed by atoms with van der Waals surface area (Å²) in [4.78, 5) is 38.5. The summed E-state index contributed by atoms with van der Waals surface area (Å²) in [6, 6.07) is 12.6. The highest BCUT2D eigenvalue weighted by molar-refractivity contribution is 5.78. The number of nitrogens with zero attached hydrogens (tertiary/aromatic N) is 1. The summed E-state index contributed by atoms with van der Waals surface area (Å²) in [6.45, 7) is 1.74. The molecule has 29 heavy (non-hydrogen) atoms. The molecular formula is C21H21N3O5. The standard InChI is InChI=1S/C21H21N3O5/c25-19(22-9-7-14-5-6-17-18(13-14)29-12-11-28-17)8-10-24-16-4-2-1-3-15(16)20(26)23-21(24)27/h1-6,13H,7-12H2,(H,22,25)(H,23,26,27). The molecule has 0 bridgehead atoms. The second kappa shape index (κ2) is 8.22. The lowest BCUT2D eigenvalue weighted by Gasteiger charge is -2.18. The van der Waals surface area contributed by atoms with Crippen molar-refractivity contribution in [3.63, 3.8) is 0 Å². The van der Waals surface area contributed by atoms with E-state index in [0.717, 1.165) is 17.1 Å². The van der Waals surface area contributed by atoms with Crippen LogP contribution >= 0.6 is 0 Å². The third kappa shape index (κ3) is 4.16. The molecule has 0 atom stereocenters. The molecule has 1 aliphatic rings. The topological polar surface area (TPSA) is 102 Å². The maximum absolute atomic E-state index is 12.2. The number of H-pyrrole nitrogens is 1. The maximum atomic E-state index is 12.2. The number of aromatic amines is 1. The molecule has 0 unspecified atom stereocenters. The molecule has 2 aromatic carbocycles. The molecule has 0 spiro atoms. The summed E-state index contributed by atoms with van der Waals surface area (Å²) in [5.41, 5.74) is 0.617. The maximum Gasteiger partial charge on any atom is 0.328 e. The van der Waals surface area contributed by atoms with Crippen molar-refractivity contribution in [1.29, 1.82) is 0 Å². The smallest absolute Gasteiger partial charge is 0.328 e. The molecule has 1 amide bonds. The van der Waals surface area contributed by atoms with Gasteiger partial charge in [0.05, 0.1) is 10.9 Å². The van der Waals surface area contributed by atoms with E-state index in [1.807, 2.05) is 18.2 Å². The van der Waals surface area contributed by atoms with Gasteiger partial charge in [-0.2, -0.15) is 0 Å². The Bertz CT molecular complexity index is 1160. The van der Waals surface area contributed by atoms with Gasteiger partial charge in [-0.15, -0.1) is 0 Å². The Morgan fingerprint density at radius 1 is 1.07 bits per heavy atom. The van der Waals surface area contributed by atoms with Crippen LogP contribution in [0.3, 0.4) is 0 Å². The van der Waals surface area contributed by atoms with Crippen molar-refractivity contribution < 1.29 is 14.3 Å². The summed E-state index contributed by atoms with van der Waals surface area (Å²) >= 11 is 0. The molecule has 0 fully saturated rings. The lowest BCUT2D eigenvalue weighted by molar-refractivity contribution is -0.121. The third-order valence-corrected chi connectivity index (χ3v) is 4.81. The van der Waals surface area contributed by atoms with E-state index in [1.54, 1.807) is 24.3 Å². The van der Waals surface area contributed by atoms with Gasteiger partial charge in [0, 0.05) is 19.5 Å². The van der Waals surface area contributed by atoms with E-state index in [1.165, 1.54) is 4.57 Å². The number of aromatic nitrogens is 2. The monoisotopic (exact) mass is 395 g/mol. The molecule has 1 aromatic heterocycles. The van der Waals surface area contributed by atoms with Gasteiger partial charge in [0.25, 0.3) is 5.56 Å². The Hall–Kier alpha value is -3.55. The van der Waals surface area contributed by atoms with Gasteiger partial charge in [-0.25, -0.2) is 4.79 Å². The first-order chi connectivity index (χ1) is 14.1. The predicted octanol–water partition coefficient (Wildman–Crippen LogP) is 1.21. The fourth-order valence-corrected chi connectivity index (χ4v) is 3.36. The lowest BCUT2D eigenvalue weighted by Crippen LogP contribution is -2.33. The van der Waals surface area contributed by atoms with Gasteiger partial charge in [-0.3, -0.25) is 19.1 Å². The van der Waals surface area contributed by atoms with Crippen LogP contribution in [0.5, 0.6) is 11.5 Å². The molecule has 3 aromatic rings. The van der Waals surface area contributed by atoms with E-state index in [-0.39, 0.29) is 18.9 Å². The largest absolute Gasteiger partial charge is 0.486 e. The van der Waals surface area contributed by atoms with E-state index in [9.17, 15) is 14.4 Å². The molecule has 8 nitrogen and oxygen atoms in total. The Kier molecular flexibility index (Phi) is 5.33. The van der Waals surface area contributed by atoms with E-state index >= 15 is 0 Å². The number of para-hydroxylation sites is 1. The van der Waals surface area contributed by atoms with E-state index in [2.05, 4.69) is 10.3 Å². The van der Waals surface area contributed by atoms with Crippen molar-refractivity contribution in [2.75, 3.05) is 19.8 Å². The Balaban J connectivity index is 1.34. The van der Waals surface area contributed by atoms with Crippen LogP contribution in [0.1, 0.15) is 12.0 Å². The predicted molar refractivity (Wildman–Crippen MR) is 108 cm³/mol. The van der Waals surface area contributed by atoms with E-state index in [0.29, 0.717) is 37.1 Å². The summed E-state index contributed by atoms with van der Waals surface area (Å²) in [6.07, 6.45) is 0.793. The number of carbonyl (C=O) groups is 1. The summed E-state index contributed by atoms with van der Waals surface area (Å²) in [7, 11) is 0. The van der Waals surface area contributed by atoms with Gasteiger partial charge < -0.3 is 14.8 Å². The SMILES string of the molecule is O=C(CCn1c(=O)[nH]c(=O)c2ccccc21)NCCc1ccc2c(c1)OCCO2. The highest BCUT2D eigenvalue weighted by Crippen LogP contribution is 2.30. The first-order valence-corrected chi connectivity index (χ1v) is 9.49. The fraction of sp³-hybridized carbons (Fsp3) is 0.286. The molecule has 0 aliphatic carbocycles. The summed E-state index contributed by atoms with van der Waals surface area (Å²) in [5, 5.41) is 3.28. The van der Waals surface area contributed by atoms with Crippen molar-refractivity contribution in [1.82, 2.24) is 14.9 Å². The van der Waals surface area contributed by atoms with Crippen LogP contribution in [-0.4, -0.2) is 35.2 Å². The van der Waals surface area contributed by atoms with Crippen molar-refractivity contribution in [3.8, 4) is 11.5 Å². The van der Waals surface area contributed by atoms with Gasteiger partial charge in [0.1, 0.15) is 13.2 Å². The molecule has 8 heteroatoms. The van der Waals surface area contributed by atoms with Crippen molar-refractivity contribution >= 4 is 16.8 Å². The molecule has 0 saturated heterocycles. The number of fused-ring (bicyclic) bond motifs is 2. The van der Waals surface area contributed by atoms with Crippen LogP contribution in [0.25, 0.3) is 10.9 Å². The molecular weight excluding hydrogens is 374 g/mol. The van der Waals surface area contributed by atoms with Crippen LogP contribution < -0.4 is 26.0 Å². The first kappa shape index (κ1) is 18.8. The molecule has 1 aliphatic heterocycles. The number of aryl methyl sites for hydroxylation is 1. The second-order valence-electron chi connectivity index (χ2n) is 6.76. The van der Waals surface area contributed by atoms with Crippen LogP contribution in [0.4, 0.5) is 0 Å². The fourth-order valence-electron chi connectivity index (χ4n) is 3.36. The first-order valence-electron chi connectivity index (χ1n) is 9.49. The van der Waals surface area contributed by atoms with Gasteiger partial charge in [0.15, 0.2) is 11.5 Å². The highest BCUT2D eigenvalue weighted by Gasteiger charge is 2.12. The minimum atomic E-state index is -0.516. The average Bonchev–Trinajstić information content (AvgIpc) is 2.73. The number of nitrogens with one attached hydrogen (secondary N) is 2. The zero-order chi connectivity index (χ0) is 20.2. The van der Waals surface area contributed by atoms with E-state index in [4.69, 9.17) is 9.47 Å². The number of benzene rings is 2. The number of carbonyl (C=O) groups excluding carboxylic acids is 1. The highest BCUT2D eigenvalue weighted by atomic mass is 16.6. The van der Waals surface area contributed by atoms with Crippen LogP contribution in [-0.2, 0) is 17.8 Å². The average molecular weight is 395 g/mol. The summed E-state index contributed by atoms with van der Waals surface area (Å²) in [5.74, 6) is 1.30. The number of ether oxygens (including phenoxy) is 2. The number of rotatable bonds is 6. The minimum Gasteiger partial charge on any atom is -0.486 e. The number of hydrogen-bond acceptors (Lipinski definition) is 5. The molecule has 150 valence electrons. The molecule has 2 heterocycles. The van der Waals surface area contributed by atoms with Gasteiger partial charge in [-0.05, 0) is 36.2 Å². The van der Waals surface area contributed by atoms with E-state index < -0.39 is 11.2 Å². The Labute approximate surface area is 166 Å². The molecule has 4 rings (SSSR count). The number of amides is 1. The normalized spacial score (nSPS) is 12.7. The van der Waals surface area contributed by atoms with Gasteiger partial charge >= 0.3 is 5.69 Å². The van der Waals surface area contributed by atoms with Crippen molar-refractivity contribution in [3.05, 3.63) is 68.9 Å². The van der Waals surface area contributed by atoms with Crippen molar-refractivity contribution in [2.24, 2.45) is 0 Å². The van der Waals surface area contributed by atoms with Crippen LogP contribution in [0, 0.1) is 0 Å². The summed E-state index contributed by atoms with van der Waals surface area (Å²) < 4.78 is 12.5. The van der Waals surface area contributed by atoms with Gasteiger partial charge in [0.2, 0.25) is 5.91 Å². The van der Waals surface area contributed by atoms with Gasteiger partial charge in [-0.1, -0.05) is 18.2 Å². The molecule has 0 saturated carbocycles. The minimum absolute atomic E-state index is 0.136. The Morgan fingerprint density at radius 2 is 1.86 bits per heavy atom. The molecule has 0 radical (unpaired) electrons. The van der Waals surface area contributed by atoms with Crippen LogP contribution in [0.2, 0.25) is 0 Å². The second-order valence-corrected chi connectivity index (χ2v) is 6.76. The zero-order valence-electron chi connectivity index (χ0n) is 15.8.